The quantitative estimate of drug-likeness (QED) is 0.911. The Balaban J connectivity index is 2.50. The number of rotatable bonds is 4. The third kappa shape index (κ3) is 4.25. The van der Waals surface area contributed by atoms with Gasteiger partial charge in [-0.15, -0.1) is 0 Å². The van der Waals surface area contributed by atoms with Crippen molar-refractivity contribution in [2.75, 3.05) is 6.54 Å². The highest BCUT2D eigenvalue weighted by Gasteiger charge is 2.04. The summed E-state index contributed by atoms with van der Waals surface area (Å²) in [6, 6.07) is 7.12. The summed E-state index contributed by atoms with van der Waals surface area (Å²) in [6.45, 7) is 1.89. The molecule has 4 heteroatoms. The molecule has 80 valence electrons. The summed E-state index contributed by atoms with van der Waals surface area (Å²) in [4.78, 5) is 22.2. The van der Waals surface area contributed by atoms with Crippen molar-refractivity contribution in [3.8, 4) is 0 Å². The Morgan fingerprint density at radius 2 is 2.13 bits per heavy atom. The van der Waals surface area contributed by atoms with E-state index >= 15 is 0 Å². The molecule has 0 aliphatic carbocycles. The average Bonchev–Trinajstić information content (AvgIpc) is 2.17. The normalized spacial score (nSPS) is 9.73. The Morgan fingerprint density at radius 3 is 2.73 bits per heavy atom. The maximum Gasteiger partial charge on any atom is 0.251 e. The lowest BCUT2D eigenvalue weighted by Gasteiger charge is -2.03. The molecule has 0 aromatic heterocycles. The van der Waals surface area contributed by atoms with Crippen LogP contribution in [-0.4, -0.2) is 18.2 Å². The standard InChI is InChI=1S/C11H12BrNO2/c1-8(14)5-6-13-11(15)9-3-2-4-10(12)7-9/h2-4,7H,5-6H2,1H3,(H,13,15). The third-order valence-corrected chi connectivity index (χ3v) is 2.34. The second kappa shape index (κ2) is 5.66. The first-order valence-electron chi connectivity index (χ1n) is 4.63. The SMILES string of the molecule is CC(=O)CCNC(=O)c1cccc(Br)c1. The van der Waals surface area contributed by atoms with Gasteiger partial charge in [0.1, 0.15) is 5.78 Å². The predicted molar refractivity (Wildman–Crippen MR) is 61.8 cm³/mol. The van der Waals surface area contributed by atoms with Crippen molar-refractivity contribution in [3.63, 3.8) is 0 Å². The highest BCUT2D eigenvalue weighted by atomic mass is 79.9. The number of carbonyl (C=O) groups excluding carboxylic acids is 2. The molecule has 0 saturated heterocycles. The van der Waals surface area contributed by atoms with Crippen molar-refractivity contribution in [1.29, 1.82) is 0 Å². The van der Waals surface area contributed by atoms with Gasteiger partial charge in [-0.2, -0.15) is 0 Å². The zero-order valence-electron chi connectivity index (χ0n) is 8.42. The van der Waals surface area contributed by atoms with Gasteiger partial charge in [-0.3, -0.25) is 9.59 Å². The summed E-state index contributed by atoms with van der Waals surface area (Å²) in [5, 5.41) is 2.68. The van der Waals surface area contributed by atoms with Crippen LogP contribution in [0.4, 0.5) is 0 Å². The molecule has 0 radical (unpaired) electrons. The minimum absolute atomic E-state index is 0.0737. The molecule has 0 spiro atoms. The van der Waals surface area contributed by atoms with Gasteiger partial charge in [-0.05, 0) is 25.1 Å². The van der Waals surface area contributed by atoms with Crippen LogP contribution in [0.3, 0.4) is 0 Å². The van der Waals surface area contributed by atoms with E-state index in [1.165, 1.54) is 6.92 Å². The molecular weight excluding hydrogens is 258 g/mol. The Kier molecular flexibility index (Phi) is 4.49. The number of ketones is 1. The molecule has 1 rings (SSSR count). The molecule has 0 bridgehead atoms. The largest absolute Gasteiger partial charge is 0.352 e. The Hall–Kier alpha value is -1.16. The van der Waals surface area contributed by atoms with Crippen LogP contribution in [0.5, 0.6) is 0 Å². The van der Waals surface area contributed by atoms with Gasteiger partial charge in [0.25, 0.3) is 5.91 Å². The van der Waals surface area contributed by atoms with Crippen LogP contribution in [0.25, 0.3) is 0 Å². The van der Waals surface area contributed by atoms with Crippen LogP contribution in [0.2, 0.25) is 0 Å². The zero-order valence-corrected chi connectivity index (χ0v) is 10.0. The van der Waals surface area contributed by atoms with E-state index in [2.05, 4.69) is 21.2 Å². The molecule has 0 saturated carbocycles. The fraction of sp³-hybridized carbons (Fsp3) is 0.273. The van der Waals surface area contributed by atoms with Crippen LogP contribution in [0, 0.1) is 0 Å². The van der Waals surface area contributed by atoms with E-state index in [-0.39, 0.29) is 11.7 Å². The predicted octanol–water partition coefficient (Wildman–Crippen LogP) is 2.16. The summed E-state index contributed by atoms with van der Waals surface area (Å²) in [5.74, 6) is -0.0814. The Labute approximate surface area is 97.0 Å². The highest BCUT2D eigenvalue weighted by molar-refractivity contribution is 9.10. The van der Waals surface area contributed by atoms with Crippen molar-refractivity contribution in [2.45, 2.75) is 13.3 Å². The number of halogens is 1. The fourth-order valence-corrected chi connectivity index (χ4v) is 1.48. The monoisotopic (exact) mass is 269 g/mol. The summed E-state index contributed by atoms with van der Waals surface area (Å²) >= 11 is 3.29. The lowest BCUT2D eigenvalue weighted by molar-refractivity contribution is -0.116. The van der Waals surface area contributed by atoms with Crippen LogP contribution in [0.1, 0.15) is 23.7 Å². The number of hydrogen-bond acceptors (Lipinski definition) is 2. The van der Waals surface area contributed by atoms with Crippen molar-refractivity contribution in [2.24, 2.45) is 0 Å². The number of nitrogens with one attached hydrogen (secondary N) is 1. The van der Waals surface area contributed by atoms with Crippen LogP contribution in [-0.2, 0) is 4.79 Å². The van der Waals surface area contributed by atoms with E-state index in [9.17, 15) is 9.59 Å². The lowest BCUT2D eigenvalue weighted by Crippen LogP contribution is -2.25. The van der Waals surface area contributed by atoms with E-state index in [1.54, 1.807) is 18.2 Å². The summed E-state index contributed by atoms with van der Waals surface area (Å²) in [6.07, 6.45) is 0.375. The van der Waals surface area contributed by atoms with Crippen molar-refractivity contribution >= 4 is 27.6 Å². The molecule has 1 N–H and O–H groups in total. The molecule has 1 aromatic carbocycles. The minimum atomic E-state index is -0.155. The summed E-state index contributed by atoms with van der Waals surface area (Å²) in [5.41, 5.74) is 0.591. The summed E-state index contributed by atoms with van der Waals surface area (Å²) < 4.78 is 0.863. The topological polar surface area (TPSA) is 46.2 Å². The first-order chi connectivity index (χ1) is 7.09. The van der Waals surface area contributed by atoms with Crippen molar-refractivity contribution in [3.05, 3.63) is 34.3 Å². The maximum atomic E-state index is 11.5. The van der Waals surface area contributed by atoms with Crippen molar-refractivity contribution < 1.29 is 9.59 Å². The van der Waals surface area contributed by atoms with Gasteiger partial charge in [-0.1, -0.05) is 22.0 Å². The van der Waals surface area contributed by atoms with Gasteiger partial charge < -0.3 is 5.32 Å². The number of Topliss-reactive ketones (excluding diaryl/α,β-unsaturated/α-hetero) is 1. The molecule has 0 fully saturated rings. The van der Waals surface area contributed by atoms with Crippen molar-refractivity contribution in [1.82, 2.24) is 5.32 Å². The van der Waals surface area contributed by atoms with E-state index in [1.807, 2.05) is 6.07 Å². The average molecular weight is 270 g/mol. The first kappa shape index (κ1) is 11.9. The molecule has 1 amide bonds. The lowest BCUT2D eigenvalue weighted by atomic mass is 10.2. The second-order valence-corrected chi connectivity index (χ2v) is 4.13. The molecule has 0 atom stereocenters. The van der Waals surface area contributed by atoms with Crippen LogP contribution in [0.15, 0.2) is 28.7 Å². The molecule has 0 aliphatic rings. The Morgan fingerprint density at radius 1 is 1.40 bits per heavy atom. The number of amides is 1. The van der Waals surface area contributed by atoms with E-state index < -0.39 is 0 Å². The molecule has 15 heavy (non-hydrogen) atoms. The molecule has 0 heterocycles. The van der Waals surface area contributed by atoms with Crippen LogP contribution < -0.4 is 5.32 Å². The first-order valence-corrected chi connectivity index (χ1v) is 5.42. The van der Waals surface area contributed by atoms with Gasteiger partial charge in [0.05, 0.1) is 0 Å². The van der Waals surface area contributed by atoms with E-state index in [0.717, 1.165) is 4.47 Å². The second-order valence-electron chi connectivity index (χ2n) is 3.22. The van der Waals surface area contributed by atoms with Gasteiger partial charge in [-0.25, -0.2) is 0 Å². The van der Waals surface area contributed by atoms with Gasteiger partial charge in [0.15, 0.2) is 0 Å². The maximum absolute atomic E-state index is 11.5. The number of carbonyl (C=O) groups is 2. The van der Waals surface area contributed by atoms with Crippen LogP contribution >= 0.6 is 15.9 Å². The highest BCUT2D eigenvalue weighted by Crippen LogP contribution is 2.11. The van der Waals surface area contributed by atoms with Gasteiger partial charge in [0.2, 0.25) is 0 Å². The smallest absolute Gasteiger partial charge is 0.251 e. The Bertz CT molecular complexity index is 377. The summed E-state index contributed by atoms with van der Waals surface area (Å²) in [7, 11) is 0. The van der Waals surface area contributed by atoms with Gasteiger partial charge >= 0.3 is 0 Å². The minimum Gasteiger partial charge on any atom is -0.352 e. The number of benzene rings is 1. The third-order valence-electron chi connectivity index (χ3n) is 1.85. The van der Waals surface area contributed by atoms with Gasteiger partial charge in [0, 0.05) is 23.0 Å². The molecule has 0 unspecified atom stereocenters. The molecular formula is C11H12BrNO2. The fourth-order valence-electron chi connectivity index (χ4n) is 1.08. The zero-order chi connectivity index (χ0) is 11.3. The molecule has 3 nitrogen and oxygen atoms in total. The van der Waals surface area contributed by atoms with E-state index in [0.29, 0.717) is 18.5 Å². The molecule has 0 aliphatic heterocycles. The molecule has 1 aromatic rings. The number of hydrogen-bond donors (Lipinski definition) is 1. The van der Waals surface area contributed by atoms with E-state index in [4.69, 9.17) is 0 Å².